The van der Waals surface area contributed by atoms with E-state index in [2.05, 4.69) is 10.2 Å². The first-order valence-corrected chi connectivity index (χ1v) is 6.83. The lowest BCUT2D eigenvalue weighted by molar-refractivity contribution is 0.298. The molecule has 0 saturated carbocycles. The summed E-state index contributed by atoms with van der Waals surface area (Å²) in [5.74, 6) is 2.17. The average molecular weight is 275 g/mol. The van der Waals surface area contributed by atoms with Crippen molar-refractivity contribution < 1.29 is 9.15 Å². The van der Waals surface area contributed by atoms with Crippen LogP contribution in [0.5, 0.6) is 5.75 Å². The van der Waals surface area contributed by atoms with Gasteiger partial charge in [-0.1, -0.05) is 26.0 Å². The van der Waals surface area contributed by atoms with Crippen LogP contribution in [0.2, 0.25) is 0 Å². The minimum atomic E-state index is -0.214. The molecular weight excluding hydrogens is 254 g/mol. The van der Waals surface area contributed by atoms with Crippen molar-refractivity contribution in [3.63, 3.8) is 0 Å². The number of hydrogen-bond acceptors (Lipinski definition) is 5. The number of aromatic nitrogens is 2. The van der Waals surface area contributed by atoms with E-state index in [0.717, 1.165) is 5.75 Å². The Morgan fingerprint density at radius 2 is 2.10 bits per heavy atom. The molecule has 2 rings (SSSR count). The summed E-state index contributed by atoms with van der Waals surface area (Å²) in [5.41, 5.74) is 7.13. The first kappa shape index (κ1) is 14.5. The minimum Gasteiger partial charge on any atom is -0.493 e. The molecule has 0 bridgehead atoms. The number of hydrogen-bond donors (Lipinski definition) is 1. The third-order valence-corrected chi connectivity index (χ3v) is 3.06. The van der Waals surface area contributed by atoms with E-state index in [9.17, 15) is 0 Å². The standard InChI is InChI=1S/C15H21N3O2/c1-10(2)14(16)15-18-17-13(20-15)7-8-19-12-6-4-5-11(3)9-12/h4-6,9-10,14H,7-8,16H2,1-3H3. The number of nitrogens with zero attached hydrogens (tertiary/aromatic N) is 2. The fourth-order valence-corrected chi connectivity index (χ4v) is 1.75. The van der Waals surface area contributed by atoms with Gasteiger partial charge in [-0.05, 0) is 30.5 Å². The highest BCUT2D eigenvalue weighted by Crippen LogP contribution is 2.17. The molecule has 5 heteroatoms. The monoisotopic (exact) mass is 275 g/mol. The van der Waals surface area contributed by atoms with Crippen LogP contribution < -0.4 is 10.5 Å². The maximum absolute atomic E-state index is 5.96. The van der Waals surface area contributed by atoms with Gasteiger partial charge in [0, 0.05) is 0 Å². The van der Waals surface area contributed by atoms with E-state index < -0.39 is 0 Å². The Morgan fingerprint density at radius 3 is 2.80 bits per heavy atom. The molecule has 1 unspecified atom stereocenters. The zero-order valence-electron chi connectivity index (χ0n) is 12.2. The molecule has 0 radical (unpaired) electrons. The Morgan fingerprint density at radius 1 is 1.30 bits per heavy atom. The van der Waals surface area contributed by atoms with Crippen LogP contribution in [0.4, 0.5) is 0 Å². The van der Waals surface area contributed by atoms with Crippen molar-refractivity contribution >= 4 is 0 Å². The SMILES string of the molecule is Cc1cccc(OCCc2nnc(C(N)C(C)C)o2)c1. The molecular formula is C15H21N3O2. The van der Waals surface area contributed by atoms with E-state index >= 15 is 0 Å². The lowest BCUT2D eigenvalue weighted by Crippen LogP contribution is -2.16. The van der Waals surface area contributed by atoms with Gasteiger partial charge in [-0.25, -0.2) is 0 Å². The van der Waals surface area contributed by atoms with Crippen molar-refractivity contribution in [3.05, 3.63) is 41.6 Å². The summed E-state index contributed by atoms with van der Waals surface area (Å²) in [5, 5.41) is 7.97. The van der Waals surface area contributed by atoms with E-state index in [0.29, 0.717) is 24.8 Å². The predicted molar refractivity (Wildman–Crippen MR) is 76.4 cm³/mol. The molecule has 5 nitrogen and oxygen atoms in total. The summed E-state index contributed by atoms with van der Waals surface area (Å²) >= 11 is 0. The Labute approximate surface area is 119 Å². The molecule has 2 aromatic rings. The normalized spacial score (nSPS) is 12.7. The van der Waals surface area contributed by atoms with Gasteiger partial charge < -0.3 is 14.9 Å². The molecule has 0 amide bonds. The zero-order valence-corrected chi connectivity index (χ0v) is 12.2. The van der Waals surface area contributed by atoms with Crippen molar-refractivity contribution in [3.8, 4) is 5.75 Å². The molecule has 2 N–H and O–H groups in total. The summed E-state index contributed by atoms with van der Waals surface area (Å²) < 4.78 is 11.2. The lowest BCUT2D eigenvalue weighted by atomic mass is 10.1. The van der Waals surface area contributed by atoms with E-state index in [-0.39, 0.29) is 12.0 Å². The van der Waals surface area contributed by atoms with E-state index in [4.69, 9.17) is 14.9 Å². The molecule has 1 atom stereocenters. The van der Waals surface area contributed by atoms with E-state index in [1.165, 1.54) is 5.56 Å². The molecule has 1 aromatic heterocycles. The number of aryl methyl sites for hydroxylation is 1. The highest BCUT2D eigenvalue weighted by molar-refractivity contribution is 5.27. The summed E-state index contributed by atoms with van der Waals surface area (Å²) in [6, 6.07) is 7.71. The minimum absolute atomic E-state index is 0.214. The van der Waals surface area contributed by atoms with Crippen LogP contribution in [0.1, 0.15) is 37.2 Å². The van der Waals surface area contributed by atoms with Crippen LogP contribution >= 0.6 is 0 Å². The fraction of sp³-hybridized carbons (Fsp3) is 0.467. The van der Waals surface area contributed by atoms with Gasteiger partial charge in [0.15, 0.2) is 0 Å². The van der Waals surface area contributed by atoms with Gasteiger partial charge in [0.2, 0.25) is 11.8 Å². The number of rotatable bonds is 6. The van der Waals surface area contributed by atoms with Crippen LogP contribution in [-0.4, -0.2) is 16.8 Å². The van der Waals surface area contributed by atoms with Gasteiger partial charge in [-0.2, -0.15) is 0 Å². The fourth-order valence-electron chi connectivity index (χ4n) is 1.75. The van der Waals surface area contributed by atoms with Crippen LogP contribution in [0, 0.1) is 12.8 Å². The molecule has 0 aliphatic rings. The number of nitrogens with two attached hydrogens (primary N) is 1. The molecule has 0 spiro atoms. The Balaban J connectivity index is 1.86. The third-order valence-electron chi connectivity index (χ3n) is 3.06. The highest BCUT2D eigenvalue weighted by Gasteiger charge is 2.17. The maximum atomic E-state index is 5.96. The Hall–Kier alpha value is -1.88. The van der Waals surface area contributed by atoms with Gasteiger partial charge in [0.25, 0.3) is 0 Å². The largest absolute Gasteiger partial charge is 0.493 e. The number of ether oxygens (including phenoxy) is 1. The van der Waals surface area contributed by atoms with Crippen molar-refractivity contribution in [2.24, 2.45) is 11.7 Å². The molecule has 1 heterocycles. The topological polar surface area (TPSA) is 74.2 Å². The Bertz CT molecular complexity index is 552. The van der Waals surface area contributed by atoms with Crippen molar-refractivity contribution in [1.82, 2.24) is 10.2 Å². The molecule has 1 aromatic carbocycles. The summed E-state index contributed by atoms with van der Waals surface area (Å²) in [6.45, 7) is 6.58. The molecule has 0 saturated heterocycles. The lowest BCUT2D eigenvalue weighted by Gasteiger charge is -2.09. The van der Waals surface area contributed by atoms with E-state index in [1.54, 1.807) is 0 Å². The molecule has 0 aliphatic carbocycles. The first-order valence-electron chi connectivity index (χ1n) is 6.83. The van der Waals surface area contributed by atoms with Gasteiger partial charge in [-0.15, -0.1) is 10.2 Å². The van der Waals surface area contributed by atoms with Crippen LogP contribution in [-0.2, 0) is 6.42 Å². The van der Waals surface area contributed by atoms with Crippen LogP contribution in [0.15, 0.2) is 28.7 Å². The van der Waals surface area contributed by atoms with Crippen LogP contribution in [0.25, 0.3) is 0 Å². The summed E-state index contributed by atoms with van der Waals surface area (Å²) in [7, 11) is 0. The van der Waals surface area contributed by atoms with Gasteiger partial charge in [-0.3, -0.25) is 0 Å². The van der Waals surface area contributed by atoms with Gasteiger partial charge in [0.05, 0.1) is 19.1 Å². The molecule has 108 valence electrons. The van der Waals surface area contributed by atoms with Gasteiger partial charge in [0.1, 0.15) is 5.75 Å². The molecule has 0 fully saturated rings. The molecule has 20 heavy (non-hydrogen) atoms. The second-order valence-corrected chi connectivity index (χ2v) is 5.22. The second kappa shape index (κ2) is 6.52. The molecule has 0 aliphatic heterocycles. The quantitative estimate of drug-likeness (QED) is 0.877. The van der Waals surface area contributed by atoms with Crippen molar-refractivity contribution in [2.45, 2.75) is 33.2 Å². The number of benzene rings is 1. The predicted octanol–water partition coefficient (Wildman–Crippen LogP) is 2.66. The van der Waals surface area contributed by atoms with Crippen molar-refractivity contribution in [1.29, 1.82) is 0 Å². The van der Waals surface area contributed by atoms with Crippen molar-refractivity contribution in [2.75, 3.05) is 6.61 Å². The van der Waals surface area contributed by atoms with Crippen LogP contribution in [0.3, 0.4) is 0 Å². The zero-order chi connectivity index (χ0) is 14.5. The summed E-state index contributed by atoms with van der Waals surface area (Å²) in [4.78, 5) is 0. The van der Waals surface area contributed by atoms with E-state index in [1.807, 2.05) is 45.0 Å². The smallest absolute Gasteiger partial charge is 0.233 e. The summed E-state index contributed by atoms with van der Waals surface area (Å²) in [6.07, 6.45) is 0.575. The third kappa shape index (κ3) is 3.81. The Kier molecular flexibility index (Phi) is 4.74. The average Bonchev–Trinajstić information content (AvgIpc) is 2.86. The second-order valence-electron chi connectivity index (χ2n) is 5.22. The maximum Gasteiger partial charge on any atom is 0.233 e. The van der Waals surface area contributed by atoms with Gasteiger partial charge >= 0.3 is 0 Å². The highest BCUT2D eigenvalue weighted by atomic mass is 16.5. The first-order chi connectivity index (χ1) is 9.56.